The number of benzene rings is 1. The number of nitrogens with zero attached hydrogens (tertiary/aromatic N) is 1. The highest BCUT2D eigenvalue weighted by atomic mass is 35.5. The summed E-state index contributed by atoms with van der Waals surface area (Å²) in [5, 5.41) is 3.21. The van der Waals surface area contributed by atoms with Crippen LogP contribution in [0.15, 0.2) is 36.7 Å². The van der Waals surface area contributed by atoms with Gasteiger partial charge in [0.05, 0.1) is 10.6 Å². The Kier molecular flexibility index (Phi) is 8.82. The molecule has 0 radical (unpaired) electrons. The van der Waals surface area contributed by atoms with Gasteiger partial charge in [0, 0.05) is 42.0 Å². The quantitative estimate of drug-likeness (QED) is 0.643. The average Bonchev–Trinajstić information content (AvgIpc) is 2.60. The van der Waals surface area contributed by atoms with E-state index in [1.54, 1.807) is 25.1 Å². The summed E-state index contributed by atoms with van der Waals surface area (Å²) < 4.78 is 15.2. The van der Waals surface area contributed by atoms with E-state index in [4.69, 9.17) is 17.3 Å². The molecule has 0 unspecified atom stereocenters. The first kappa shape index (κ1) is 23.0. The monoisotopic (exact) mass is 413 g/mol. The molecule has 1 aromatic carbocycles. The number of primary amides is 1. The summed E-state index contributed by atoms with van der Waals surface area (Å²) in [6.07, 6.45) is 3.59. The molecule has 0 bridgehead atoms. The Morgan fingerprint density at radius 3 is 2.59 bits per heavy atom. The molecule has 27 heavy (non-hydrogen) atoms. The highest BCUT2D eigenvalue weighted by molar-refractivity contribution is 6.35. The number of hydrogen-bond acceptors (Lipinski definition) is 4. The molecule has 1 heterocycles. The highest BCUT2D eigenvalue weighted by Gasteiger charge is 2.25. The molecule has 0 fully saturated rings. The van der Waals surface area contributed by atoms with Crippen LogP contribution in [-0.2, 0) is 4.79 Å². The summed E-state index contributed by atoms with van der Waals surface area (Å²) in [5.74, 6) is -1.64. The minimum atomic E-state index is -0.669. The molecule has 0 aliphatic rings. The second-order valence-electron chi connectivity index (χ2n) is 6.10. The lowest BCUT2D eigenvalue weighted by Gasteiger charge is -2.23. The number of carbonyl (C=O) groups excluding carboxylic acids is 2. The average molecular weight is 414 g/mol. The summed E-state index contributed by atoms with van der Waals surface area (Å²) in [4.78, 5) is 27.6. The number of nitrogens with two attached hydrogens (primary N) is 1. The Bertz CT molecular complexity index is 803. The maximum Gasteiger partial charge on any atom is 0.218 e. The standard InChI is InChI=1S/C19H21ClFN3O2.ClH/c1-3-15(24-11(2)9-16(22)25)13-6-7-14(20)17(18(13)21)19(26)12-5-4-8-23-10-12;/h4-8,10-11,15,24H,3,9H2,1-2H3,(H2,22,25);1H/t11-,15-;/m1./s1. The first-order chi connectivity index (χ1) is 12.3. The molecule has 0 aliphatic carbocycles. The molecule has 2 rings (SSSR count). The van der Waals surface area contributed by atoms with Crippen LogP contribution in [0.5, 0.6) is 0 Å². The minimum absolute atomic E-state index is 0. The van der Waals surface area contributed by atoms with E-state index in [1.165, 1.54) is 18.5 Å². The Morgan fingerprint density at radius 1 is 1.33 bits per heavy atom. The van der Waals surface area contributed by atoms with Crippen LogP contribution in [0.3, 0.4) is 0 Å². The molecule has 0 saturated carbocycles. The van der Waals surface area contributed by atoms with E-state index in [0.29, 0.717) is 12.0 Å². The molecule has 146 valence electrons. The normalized spacial score (nSPS) is 12.7. The van der Waals surface area contributed by atoms with Gasteiger partial charge in [-0.2, -0.15) is 0 Å². The van der Waals surface area contributed by atoms with Crippen molar-refractivity contribution in [1.29, 1.82) is 0 Å². The molecule has 2 atom stereocenters. The number of halogens is 3. The molecular weight excluding hydrogens is 392 g/mol. The van der Waals surface area contributed by atoms with Crippen molar-refractivity contribution in [2.75, 3.05) is 0 Å². The van der Waals surface area contributed by atoms with Gasteiger partial charge in [0.2, 0.25) is 5.91 Å². The number of carbonyl (C=O) groups is 2. The zero-order valence-corrected chi connectivity index (χ0v) is 16.6. The van der Waals surface area contributed by atoms with Gasteiger partial charge in [-0.1, -0.05) is 24.6 Å². The molecule has 3 N–H and O–H groups in total. The summed E-state index contributed by atoms with van der Waals surface area (Å²) in [5.41, 5.74) is 5.60. The van der Waals surface area contributed by atoms with Crippen molar-refractivity contribution < 1.29 is 14.0 Å². The number of amides is 1. The molecule has 0 spiro atoms. The van der Waals surface area contributed by atoms with Gasteiger partial charge in [-0.3, -0.25) is 14.6 Å². The Labute approximate surface area is 168 Å². The van der Waals surface area contributed by atoms with Gasteiger partial charge in [-0.25, -0.2) is 4.39 Å². The van der Waals surface area contributed by atoms with Crippen LogP contribution in [-0.4, -0.2) is 22.7 Å². The van der Waals surface area contributed by atoms with Crippen LogP contribution in [0, 0.1) is 5.82 Å². The van der Waals surface area contributed by atoms with Crippen molar-refractivity contribution in [2.24, 2.45) is 5.73 Å². The number of nitrogens with one attached hydrogen (secondary N) is 1. The number of pyridine rings is 1. The summed E-state index contributed by atoms with van der Waals surface area (Å²) in [6.45, 7) is 3.67. The van der Waals surface area contributed by atoms with E-state index in [9.17, 15) is 9.59 Å². The minimum Gasteiger partial charge on any atom is -0.370 e. The van der Waals surface area contributed by atoms with Crippen molar-refractivity contribution in [3.8, 4) is 0 Å². The van der Waals surface area contributed by atoms with Gasteiger partial charge in [0.15, 0.2) is 5.78 Å². The number of rotatable bonds is 8. The van der Waals surface area contributed by atoms with E-state index in [0.717, 1.165) is 0 Å². The molecule has 5 nitrogen and oxygen atoms in total. The number of aromatic nitrogens is 1. The van der Waals surface area contributed by atoms with Crippen molar-refractivity contribution >= 4 is 35.7 Å². The molecule has 8 heteroatoms. The summed E-state index contributed by atoms with van der Waals surface area (Å²) >= 11 is 6.11. The van der Waals surface area contributed by atoms with E-state index in [1.807, 2.05) is 6.92 Å². The Morgan fingerprint density at radius 2 is 2.04 bits per heavy atom. The third-order valence-electron chi connectivity index (χ3n) is 4.05. The topological polar surface area (TPSA) is 85.1 Å². The molecule has 1 aromatic heterocycles. The molecule has 0 aliphatic heterocycles. The van der Waals surface area contributed by atoms with Crippen molar-refractivity contribution in [3.05, 3.63) is 64.2 Å². The number of ketones is 1. The molecule has 0 saturated heterocycles. The van der Waals surface area contributed by atoms with Gasteiger partial charge in [-0.05, 0) is 31.5 Å². The van der Waals surface area contributed by atoms with Gasteiger partial charge in [-0.15, -0.1) is 12.4 Å². The SMILES string of the molecule is CC[C@@H](N[C@H](C)CC(N)=O)c1ccc(Cl)c(C(=O)c2cccnc2)c1F.Cl. The fourth-order valence-corrected chi connectivity index (χ4v) is 3.05. The Balaban J connectivity index is 0.00000364. The van der Waals surface area contributed by atoms with Gasteiger partial charge >= 0.3 is 0 Å². The first-order valence-electron chi connectivity index (χ1n) is 8.32. The van der Waals surface area contributed by atoms with Crippen molar-refractivity contribution in [2.45, 2.75) is 38.8 Å². The van der Waals surface area contributed by atoms with E-state index < -0.39 is 17.5 Å². The molecule has 2 aromatic rings. The highest BCUT2D eigenvalue weighted by Crippen LogP contribution is 2.30. The predicted octanol–water partition coefficient (Wildman–Crippen LogP) is 3.83. The smallest absolute Gasteiger partial charge is 0.218 e. The summed E-state index contributed by atoms with van der Waals surface area (Å²) in [6, 6.07) is 5.60. The van der Waals surface area contributed by atoms with Crippen molar-refractivity contribution in [1.82, 2.24) is 10.3 Å². The maximum absolute atomic E-state index is 15.2. The number of hydrogen-bond donors (Lipinski definition) is 2. The van der Waals surface area contributed by atoms with Crippen LogP contribution in [0.2, 0.25) is 5.02 Å². The predicted molar refractivity (Wildman–Crippen MR) is 106 cm³/mol. The third kappa shape index (κ3) is 5.73. The lowest BCUT2D eigenvalue weighted by atomic mass is 9.96. The lowest BCUT2D eigenvalue weighted by molar-refractivity contribution is -0.118. The lowest BCUT2D eigenvalue weighted by Crippen LogP contribution is -2.34. The van der Waals surface area contributed by atoms with Crippen LogP contribution < -0.4 is 11.1 Å². The van der Waals surface area contributed by atoms with Gasteiger partial charge in [0.25, 0.3) is 0 Å². The van der Waals surface area contributed by atoms with Crippen LogP contribution in [0.25, 0.3) is 0 Å². The zero-order chi connectivity index (χ0) is 19.3. The fourth-order valence-electron chi connectivity index (χ4n) is 2.82. The van der Waals surface area contributed by atoms with Gasteiger partial charge in [0.1, 0.15) is 5.82 Å². The van der Waals surface area contributed by atoms with E-state index >= 15 is 4.39 Å². The molecule has 1 amide bonds. The third-order valence-corrected chi connectivity index (χ3v) is 4.36. The van der Waals surface area contributed by atoms with Crippen LogP contribution in [0.4, 0.5) is 4.39 Å². The zero-order valence-electron chi connectivity index (χ0n) is 15.0. The summed E-state index contributed by atoms with van der Waals surface area (Å²) in [7, 11) is 0. The second kappa shape index (κ2) is 10.3. The molecular formula is C19H22Cl2FN3O2. The van der Waals surface area contributed by atoms with E-state index in [-0.39, 0.29) is 47.1 Å². The largest absolute Gasteiger partial charge is 0.370 e. The second-order valence-corrected chi connectivity index (χ2v) is 6.50. The van der Waals surface area contributed by atoms with Crippen LogP contribution in [0.1, 0.15) is 54.2 Å². The maximum atomic E-state index is 15.2. The fraction of sp³-hybridized carbons (Fsp3) is 0.316. The first-order valence-corrected chi connectivity index (χ1v) is 8.69. The van der Waals surface area contributed by atoms with E-state index in [2.05, 4.69) is 10.3 Å². The van der Waals surface area contributed by atoms with Crippen LogP contribution >= 0.6 is 24.0 Å². The van der Waals surface area contributed by atoms with Gasteiger partial charge < -0.3 is 11.1 Å². The Hall–Kier alpha value is -2.02. The van der Waals surface area contributed by atoms with Crippen molar-refractivity contribution in [3.63, 3.8) is 0 Å².